The molecular formula is C19H24N2O6S. The fraction of sp³-hybridized carbons (Fsp3) is 0.316. The van der Waals surface area contributed by atoms with Crippen molar-refractivity contribution in [3.8, 4) is 17.2 Å². The Morgan fingerprint density at radius 1 is 1.00 bits per heavy atom. The van der Waals surface area contributed by atoms with Crippen molar-refractivity contribution in [2.45, 2.75) is 12.7 Å². The maximum Gasteiger partial charge on any atom is 0.239 e. The molecule has 0 aliphatic carbocycles. The van der Waals surface area contributed by atoms with Gasteiger partial charge in [0, 0.05) is 0 Å². The molecule has 2 N–H and O–H groups in total. The molecule has 28 heavy (non-hydrogen) atoms. The van der Waals surface area contributed by atoms with E-state index in [1.165, 1.54) is 14.2 Å². The summed E-state index contributed by atoms with van der Waals surface area (Å²) in [6, 6.07) is 11.8. The molecule has 2 aromatic carbocycles. The molecule has 1 amide bonds. The van der Waals surface area contributed by atoms with Crippen LogP contribution in [0.5, 0.6) is 17.2 Å². The number of hydrogen-bond donors (Lipinski definition) is 2. The highest BCUT2D eigenvalue weighted by atomic mass is 32.2. The number of carbonyl (C=O) groups excluding carboxylic acids is 1. The van der Waals surface area contributed by atoms with Crippen LogP contribution in [0.3, 0.4) is 0 Å². The van der Waals surface area contributed by atoms with Gasteiger partial charge in [-0.15, -0.1) is 0 Å². The number of carbonyl (C=O) groups is 1. The molecule has 2 rings (SSSR count). The van der Waals surface area contributed by atoms with Crippen molar-refractivity contribution < 1.29 is 27.4 Å². The molecule has 0 aliphatic heterocycles. The van der Waals surface area contributed by atoms with E-state index < -0.39 is 22.5 Å². The normalized spacial score (nSPS) is 11.0. The lowest BCUT2D eigenvalue weighted by Crippen LogP contribution is -2.33. The first-order chi connectivity index (χ1) is 13.4. The predicted octanol–water partition coefficient (Wildman–Crippen LogP) is 2.16. The molecule has 9 heteroatoms. The Morgan fingerprint density at radius 2 is 1.71 bits per heavy atom. The minimum atomic E-state index is -3.73. The van der Waals surface area contributed by atoms with E-state index in [-0.39, 0.29) is 5.75 Å². The Kier molecular flexibility index (Phi) is 7.65. The molecule has 0 spiro atoms. The van der Waals surface area contributed by atoms with E-state index >= 15 is 0 Å². The summed E-state index contributed by atoms with van der Waals surface area (Å²) < 4.78 is 42.6. The van der Waals surface area contributed by atoms with Crippen LogP contribution in [0.2, 0.25) is 0 Å². The lowest BCUT2D eigenvalue weighted by molar-refractivity contribution is -0.115. The molecule has 0 fully saturated rings. The van der Waals surface area contributed by atoms with Crippen molar-refractivity contribution in [1.29, 1.82) is 0 Å². The van der Waals surface area contributed by atoms with Crippen LogP contribution in [0, 0.1) is 0 Å². The lowest BCUT2D eigenvalue weighted by Gasteiger charge is -2.12. The van der Waals surface area contributed by atoms with Crippen LogP contribution in [0.15, 0.2) is 42.5 Å². The van der Waals surface area contributed by atoms with Gasteiger partial charge in [0.1, 0.15) is 5.75 Å². The smallest absolute Gasteiger partial charge is 0.239 e. The van der Waals surface area contributed by atoms with Gasteiger partial charge in [-0.1, -0.05) is 18.2 Å². The number of benzene rings is 2. The number of hydrogen-bond acceptors (Lipinski definition) is 6. The van der Waals surface area contributed by atoms with E-state index in [1.807, 2.05) is 6.92 Å². The van der Waals surface area contributed by atoms with Crippen LogP contribution < -0.4 is 24.2 Å². The van der Waals surface area contributed by atoms with Gasteiger partial charge in [0.2, 0.25) is 15.9 Å². The summed E-state index contributed by atoms with van der Waals surface area (Å²) in [4.78, 5) is 12.1. The Morgan fingerprint density at radius 3 is 2.39 bits per heavy atom. The second-order valence-corrected chi connectivity index (χ2v) is 7.55. The van der Waals surface area contributed by atoms with Crippen LogP contribution >= 0.6 is 0 Å². The second kappa shape index (κ2) is 9.95. The molecule has 152 valence electrons. The molecule has 0 heterocycles. The number of rotatable bonds is 10. The first-order valence-corrected chi connectivity index (χ1v) is 10.2. The summed E-state index contributed by atoms with van der Waals surface area (Å²) in [5.41, 5.74) is 0.987. The van der Waals surface area contributed by atoms with E-state index in [0.717, 1.165) is 0 Å². The summed E-state index contributed by atoms with van der Waals surface area (Å²) in [6.45, 7) is 1.89. The topological polar surface area (TPSA) is 103 Å². The van der Waals surface area contributed by atoms with Crippen molar-refractivity contribution in [3.63, 3.8) is 0 Å². The highest BCUT2D eigenvalue weighted by Crippen LogP contribution is 2.28. The van der Waals surface area contributed by atoms with Crippen molar-refractivity contribution >= 4 is 21.6 Å². The summed E-state index contributed by atoms with van der Waals surface area (Å²) in [7, 11) is -0.756. The fourth-order valence-electron chi connectivity index (χ4n) is 2.46. The fourth-order valence-corrected chi connectivity index (χ4v) is 3.53. The zero-order chi connectivity index (χ0) is 20.6. The third-order valence-electron chi connectivity index (χ3n) is 3.72. The van der Waals surface area contributed by atoms with E-state index in [1.54, 1.807) is 42.5 Å². The van der Waals surface area contributed by atoms with Gasteiger partial charge < -0.3 is 19.5 Å². The maximum absolute atomic E-state index is 12.3. The summed E-state index contributed by atoms with van der Waals surface area (Å²) in [5.74, 6) is 0.662. The minimum absolute atomic E-state index is 0.295. The third-order valence-corrected chi connectivity index (χ3v) is 5.02. The van der Waals surface area contributed by atoms with Crippen LogP contribution in [-0.4, -0.2) is 41.7 Å². The van der Waals surface area contributed by atoms with Gasteiger partial charge in [0.15, 0.2) is 11.5 Å². The standard InChI is InChI=1S/C19H24N2O6S/c1-4-27-16-8-6-5-7-15(16)21-19(22)12-20-28(23,24)13-14-9-10-17(25-2)18(11-14)26-3/h5-11,20H,4,12-13H2,1-3H3,(H,21,22). The van der Waals surface area contributed by atoms with Crippen LogP contribution in [0.4, 0.5) is 5.69 Å². The molecule has 2 aromatic rings. The van der Waals surface area contributed by atoms with Crippen molar-refractivity contribution in [1.82, 2.24) is 4.72 Å². The van der Waals surface area contributed by atoms with Crippen molar-refractivity contribution in [2.24, 2.45) is 0 Å². The van der Waals surface area contributed by atoms with Gasteiger partial charge in [0.25, 0.3) is 0 Å². The van der Waals surface area contributed by atoms with Crippen molar-refractivity contribution in [2.75, 3.05) is 32.7 Å². The lowest BCUT2D eigenvalue weighted by atomic mass is 10.2. The summed E-state index contributed by atoms with van der Waals surface area (Å²) in [5, 5.41) is 2.64. The van der Waals surface area contributed by atoms with Gasteiger partial charge in [-0.25, -0.2) is 13.1 Å². The Hall–Kier alpha value is -2.78. The van der Waals surface area contributed by atoms with Gasteiger partial charge in [-0.3, -0.25) is 4.79 Å². The van der Waals surface area contributed by atoms with Crippen LogP contribution in [0.25, 0.3) is 0 Å². The van der Waals surface area contributed by atoms with E-state index in [9.17, 15) is 13.2 Å². The predicted molar refractivity (Wildman–Crippen MR) is 106 cm³/mol. The van der Waals surface area contributed by atoms with E-state index in [0.29, 0.717) is 35.1 Å². The maximum atomic E-state index is 12.3. The average molecular weight is 408 g/mol. The van der Waals surface area contributed by atoms with Gasteiger partial charge in [-0.2, -0.15) is 0 Å². The van der Waals surface area contributed by atoms with E-state index in [4.69, 9.17) is 14.2 Å². The molecule has 0 atom stereocenters. The number of nitrogens with one attached hydrogen (secondary N) is 2. The molecule has 0 saturated carbocycles. The Balaban J connectivity index is 1.97. The highest BCUT2D eigenvalue weighted by molar-refractivity contribution is 7.88. The Labute approximate surface area is 164 Å². The largest absolute Gasteiger partial charge is 0.493 e. The zero-order valence-corrected chi connectivity index (χ0v) is 16.8. The first-order valence-electron chi connectivity index (χ1n) is 8.58. The number of sulfonamides is 1. The van der Waals surface area contributed by atoms with Crippen LogP contribution in [0.1, 0.15) is 12.5 Å². The zero-order valence-electron chi connectivity index (χ0n) is 16.0. The summed E-state index contributed by atoms with van der Waals surface area (Å²) in [6.07, 6.45) is 0. The summed E-state index contributed by atoms with van der Waals surface area (Å²) >= 11 is 0. The van der Waals surface area contributed by atoms with Crippen LogP contribution in [-0.2, 0) is 20.6 Å². The number of anilines is 1. The highest BCUT2D eigenvalue weighted by Gasteiger charge is 2.16. The molecule has 0 unspecified atom stereocenters. The van der Waals surface area contributed by atoms with E-state index in [2.05, 4.69) is 10.0 Å². The van der Waals surface area contributed by atoms with Crippen molar-refractivity contribution in [3.05, 3.63) is 48.0 Å². The molecule has 8 nitrogen and oxygen atoms in total. The first kappa shape index (κ1) is 21.5. The van der Waals surface area contributed by atoms with Gasteiger partial charge >= 0.3 is 0 Å². The average Bonchev–Trinajstić information content (AvgIpc) is 2.68. The molecule has 0 aromatic heterocycles. The molecule has 0 aliphatic rings. The minimum Gasteiger partial charge on any atom is -0.493 e. The monoisotopic (exact) mass is 408 g/mol. The number of methoxy groups -OCH3 is 2. The Bertz CT molecular complexity index is 914. The third kappa shape index (κ3) is 6.14. The molecule has 0 radical (unpaired) electrons. The number of para-hydroxylation sites is 2. The number of ether oxygens (including phenoxy) is 3. The second-order valence-electron chi connectivity index (χ2n) is 5.75. The number of amides is 1. The SMILES string of the molecule is CCOc1ccccc1NC(=O)CNS(=O)(=O)Cc1ccc(OC)c(OC)c1. The van der Waals surface area contributed by atoms with Gasteiger partial charge in [-0.05, 0) is 36.8 Å². The van der Waals surface area contributed by atoms with Gasteiger partial charge in [0.05, 0.1) is 38.8 Å². The quantitative estimate of drug-likeness (QED) is 0.625. The molecule has 0 bridgehead atoms. The molecular weight excluding hydrogens is 384 g/mol. The molecule has 0 saturated heterocycles.